The van der Waals surface area contributed by atoms with Crippen molar-refractivity contribution in [1.82, 2.24) is 0 Å². The predicted octanol–water partition coefficient (Wildman–Crippen LogP) is 3.56. The minimum absolute atomic E-state index is 0.111. The molecule has 68 valence electrons. The molecule has 0 fully saturated rings. The van der Waals surface area contributed by atoms with Gasteiger partial charge < -0.3 is 4.74 Å². The number of ether oxygens (including phenoxy) is 1. The fourth-order valence-electron chi connectivity index (χ4n) is 0.807. The zero-order valence-electron chi connectivity index (χ0n) is 7.98. The van der Waals surface area contributed by atoms with E-state index in [1.54, 1.807) is 0 Å². The van der Waals surface area contributed by atoms with Gasteiger partial charge in [-0.15, -0.1) is 0 Å². The normalized spacial score (nSPS) is 15.0. The van der Waals surface area contributed by atoms with Crippen LogP contribution < -0.4 is 0 Å². The lowest BCUT2D eigenvalue weighted by atomic mass is 10.2. The van der Waals surface area contributed by atoms with Crippen LogP contribution in [0.1, 0.15) is 47.0 Å². The number of alkyl halides is 1. The quantitative estimate of drug-likeness (QED) is 0.599. The van der Waals surface area contributed by atoms with Gasteiger partial charge >= 0.3 is 0 Å². The molecule has 11 heavy (non-hydrogen) atoms. The third-order valence-electron chi connectivity index (χ3n) is 1.27. The first-order valence-electron chi connectivity index (χ1n) is 4.27. The van der Waals surface area contributed by atoms with Gasteiger partial charge in [0.15, 0.2) is 0 Å². The van der Waals surface area contributed by atoms with Crippen LogP contribution in [-0.4, -0.2) is 11.2 Å². The van der Waals surface area contributed by atoms with Crippen LogP contribution in [0.4, 0.5) is 0 Å². The van der Waals surface area contributed by atoms with Gasteiger partial charge in [-0.05, 0) is 33.6 Å². The van der Waals surface area contributed by atoms with Crippen LogP contribution in [0, 0.1) is 0 Å². The molecule has 0 saturated heterocycles. The predicted molar refractivity (Wildman–Crippen MR) is 50.0 cm³/mol. The minimum Gasteiger partial charge on any atom is -0.357 e. The number of halogens is 1. The van der Waals surface area contributed by atoms with Crippen molar-refractivity contribution < 1.29 is 4.74 Å². The molecular weight excluding hydrogens is 160 g/mol. The lowest BCUT2D eigenvalue weighted by Gasteiger charge is -2.23. The van der Waals surface area contributed by atoms with Crippen LogP contribution in [0.2, 0.25) is 0 Å². The molecule has 0 spiro atoms. The summed E-state index contributed by atoms with van der Waals surface area (Å²) in [5.74, 6) is 0. The highest BCUT2D eigenvalue weighted by Gasteiger charge is 2.15. The summed E-state index contributed by atoms with van der Waals surface area (Å²) in [7, 11) is 0. The van der Waals surface area contributed by atoms with Gasteiger partial charge in [0.25, 0.3) is 0 Å². The van der Waals surface area contributed by atoms with Crippen molar-refractivity contribution in [3.8, 4) is 0 Å². The van der Waals surface area contributed by atoms with Gasteiger partial charge in [0, 0.05) is 0 Å². The van der Waals surface area contributed by atoms with Gasteiger partial charge in [-0.2, -0.15) is 0 Å². The van der Waals surface area contributed by atoms with Crippen molar-refractivity contribution in [2.45, 2.75) is 58.1 Å². The van der Waals surface area contributed by atoms with E-state index in [9.17, 15) is 0 Å². The van der Waals surface area contributed by atoms with Crippen molar-refractivity contribution in [1.29, 1.82) is 0 Å². The molecule has 0 aromatic carbocycles. The SMILES string of the molecule is CCCCC(Cl)OC(C)(C)C. The third kappa shape index (κ3) is 8.15. The minimum atomic E-state index is -0.116. The molecule has 0 saturated carbocycles. The summed E-state index contributed by atoms with van der Waals surface area (Å²) in [6, 6.07) is 0. The van der Waals surface area contributed by atoms with Gasteiger partial charge in [-0.3, -0.25) is 0 Å². The first-order valence-corrected chi connectivity index (χ1v) is 4.71. The summed E-state index contributed by atoms with van der Waals surface area (Å²) in [6.07, 6.45) is 3.27. The molecule has 0 N–H and O–H groups in total. The molecule has 2 heteroatoms. The number of hydrogen-bond acceptors (Lipinski definition) is 1. The lowest BCUT2D eigenvalue weighted by molar-refractivity contribution is -0.0260. The number of rotatable bonds is 4. The fourth-order valence-corrected chi connectivity index (χ4v) is 1.23. The highest BCUT2D eigenvalue weighted by Crippen LogP contribution is 2.17. The molecule has 0 aliphatic heterocycles. The van der Waals surface area contributed by atoms with Crippen LogP contribution in [0.25, 0.3) is 0 Å². The second kappa shape index (κ2) is 5.00. The molecule has 0 aliphatic rings. The fraction of sp³-hybridized carbons (Fsp3) is 1.00. The van der Waals surface area contributed by atoms with Crippen molar-refractivity contribution in [2.24, 2.45) is 0 Å². The molecule has 0 radical (unpaired) electrons. The second-order valence-electron chi connectivity index (χ2n) is 3.78. The standard InChI is InChI=1S/C9H19ClO/c1-5-6-7-8(10)11-9(2,3)4/h8H,5-7H2,1-4H3. The molecule has 0 bridgehead atoms. The Kier molecular flexibility index (Phi) is 5.11. The molecule has 0 aliphatic carbocycles. The van der Waals surface area contributed by atoms with E-state index >= 15 is 0 Å². The number of unbranched alkanes of at least 4 members (excludes halogenated alkanes) is 1. The maximum Gasteiger partial charge on any atom is 0.131 e. The Morgan fingerprint density at radius 1 is 1.36 bits per heavy atom. The topological polar surface area (TPSA) is 9.23 Å². The largest absolute Gasteiger partial charge is 0.357 e. The first-order chi connectivity index (χ1) is 4.95. The molecule has 0 amide bonds. The van der Waals surface area contributed by atoms with Crippen molar-refractivity contribution >= 4 is 11.6 Å². The van der Waals surface area contributed by atoms with E-state index in [0.29, 0.717) is 0 Å². The molecule has 0 rings (SSSR count). The van der Waals surface area contributed by atoms with Gasteiger partial charge in [-0.1, -0.05) is 24.9 Å². The molecule has 0 aromatic rings. The maximum absolute atomic E-state index is 5.92. The van der Waals surface area contributed by atoms with Crippen LogP contribution in [0.15, 0.2) is 0 Å². The summed E-state index contributed by atoms with van der Waals surface area (Å²) in [6.45, 7) is 8.22. The summed E-state index contributed by atoms with van der Waals surface area (Å²) in [5, 5.41) is 0. The van der Waals surface area contributed by atoms with Crippen LogP contribution >= 0.6 is 11.6 Å². The van der Waals surface area contributed by atoms with Crippen LogP contribution in [0.3, 0.4) is 0 Å². The molecule has 0 aromatic heterocycles. The Morgan fingerprint density at radius 2 is 1.91 bits per heavy atom. The molecule has 1 nitrogen and oxygen atoms in total. The average Bonchev–Trinajstić information content (AvgIpc) is 1.79. The Bertz CT molecular complexity index is 96.2. The van der Waals surface area contributed by atoms with E-state index in [1.165, 1.54) is 6.42 Å². The highest BCUT2D eigenvalue weighted by molar-refractivity contribution is 6.19. The third-order valence-corrected chi connectivity index (χ3v) is 1.57. The Hall–Kier alpha value is 0.250. The van der Waals surface area contributed by atoms with Gasteiger partial charge in [0.1, 0.15) is 5.56 Å². The summed E-state index contributed by atoms with van der Waals surface area (Å²) >= 11 is 5.92. The van der Waals surface area contributed by atoms with E-state index in [0.717, 1.165) is 12.8 Å². The molecule has 1 atom stereocenters. The average molecular weight is 179 g/mol. The van der Waals surface area contributed by atoms with E-state index in [-0.39, 0.29) is 11.2 Å². The molecular formula is C9H19ClO. The van der Waals surface area contributed by atoms with Gasteiger partial charge in [-0.25, -0.2) is 0 Å². The highest BCUT2D eigenvalue weighted by atomic mass is 35.5. The zero-order valence-corrected chi connectivity index (χ0v) is 8.74. The zero-order chi connectivity index (χ0) is 8.91. The van der Waals surface area contributed by atoms with E-state index in [4.69, 9.17) is 16.3 Å². The van der Waals surface area contributed by atoms with Crippen LogP contribution in [-0.2, 0) is 4.74 Å². The van der Waals surface area contributed by atoms with E-state index < -0.39 is 0 Å². The van der Waals surface area contributed by atoms with Crippen LogP contribution in [0.5, 0.6) is 0 Å². The molecule has 1 unspecified atom stereocenters. The Balaban J connectivity index is 3.44. The Morgan fingerprint density at radius 3 is 2.27 bits per heavy atom. The molecule has 0 heterocycles. The van der Waals surface area contributed by atoms with Gasteiger partial charge in [0.2, 0.25) is 0 Å². The Labute approximate surface area is 75.1 Å². The second-order valence-corrected chi connectivity index (χ2v) is 4.27. The van der Waals surface area contributed by atoms with Crippen molar-refractivity contribution in [3.05, 3.63) is 0 Å². The summed E-state index contributed by atoms with van der Waals surface area (Å²) in [4.78, 5) is 0. The first kappa shape index (κ1) is 11.2. The van der Waals surface area contributed by atoms with E-state index in [1.807, 2.05) is 20.8 Å². The van der Waals surface area contributed by atoms with Crippen molar-refractivity contribution in [2.75, 3.05) is 0 Å². The monoisotopic (exact) mass is 178 g/mol. The summed E-state index contributed by atoms with van der Waals surface area (Å²) in [5.41, 5.74) is -0.227. The van der Waals surface area contributed by atoms with E-state index in [2.05, 4.69) is 6.92 Å². The smallest absolute Gasteiger partial charge is 0.131 e. The summed E-state index contributed by atoms with van der Waals surface area (Å²) < 4.78 is 5.51. The van der Waals surface area contributed by atoms with Crippen molar-refractivity contribution in [3.63, 3.8) is 0 Å². The maximum atomic E-state index is 5.92. The van der Waals surface area contributed by atoms with Gasteiger partial charge in [0.05, 0.1) is 5.60 Å². The lowest BCUT2D eigenvalue weighted by Crippen LogP contribution is -2.24. The number of hydrogen-bond donors (Lipinski definition) is 0.